The number of nitrogens with two attached hydrogens (primary N) is 1. The van der Waals surface area contributed by atoms with Crippen molar-refractivity contribution in [1.29, 1.82) is 0 Å². The maximum atomic E-state index is 10.1. The Kier molecular flexibility index (Phi) is 10.1. The molecule has 2 rings (SSSR count). The predicted molar refractivity (Wildman–Crippen MR) is 110 cm³/mol. The summed E-state index contributed by atoms with van der Waals surface area (Å²) < 4.78 is 0. The number of phenolic OH excluding ortho intramolecular Hbond substituents is 1. The van der Waals surface area contributed by atoms with E-state index in [4.69, 9.17) is 10.8 Å². The van der Waals surface area contributed by atoms with Crippen LogP contribution in [0.5, 0.6) is 5.75 Å². The predicted octanol–water partition coefficient (Wildman–Crippen LogP) is 3.31. The van der Waals surface area contributed by atoms with Gasteiger partial charge in [0.25, 0.3) is 0 Å². The molecule has 4 N–H and O–H groups in total. The summed E-state index contributed by atoms with van der Waals surface area (Å²) in [4.78, 5) is 12.5. The fraction of sp³-hybridized carbons (Fsp3) is 0.650. The molecule has 1 aliphatic heterocycles. The van der Waals surface area contributed by atoms with Crippen molar-refractivity contribution in [3.05, 3.63) is 29.8 Å². The highest BCUT2D eigenvalue weighted by Crippen LogP contribution is 2.37. The van der Waals surface area contributed by atoms with Gasteiger partial charge in [0.2, 0.25) is 0 Å². The van der Waals surface area contributed by atoms with Gasteiger partial charge in [-0.05, 0) is 69.0 Å². The molecule has 1 fully saturated rings. The zero-order valence-electron chi connectivity index (χ0n) is 16.3. The van der Waals surface area contributed by atoms with Crippen molar-refractivity contribution in [2.75, 3.05) is 32.1 Å². The molecule has 0 aromatic heterocycles. The third-order valence-corrected chi connectivity index (χ3v) is 5.75. The SMILES string of the molecule is CCC1(c2cccc(O)c2)CCCCN(C)C1.CSCCC(N)C(=O)O. The summed E-state index contributed by atoms with van der Waals surface area (Å²) >= 11 is 1.60. The first-order chi connectivity index (χ1) is 12.3. The van der Waals surface area contributed by atoms with Crippen molar-refractivity contribution >= 4 is 17.7 Å². The van der Waals surface area contributed by atoms with E-state index in [0.29, 0.717) is 12.2 Å². The Balaban J connectivity index is 0.000000321. The largest absolute Gasteiger partial charge is 0.508 e. The fourth-order valence-corrected chi connectivity index (χ4v) is 3.94. The molecular weight excluding hydrogens is 348 g/mol. The first-order valence-electron chi connectivity index (χ1n) is 9.30. The number of carbonyl (C=O) groups is 1. The summed E-state index contributed by atoms with van der Waals surface area (Å²) in [6, 6.07) is 7.16. The van der Waals surface area contributed by atoms with Crippen LogP contribution in [0, 0.1) is 0 Å². The molecule has 0 spiro atoms. The number of phenols is 1. The average molecular weight is 383 g/mol. The highest BCUT2D eigenvalue weighted by atomic mass is 32.2. The second kappa shape index (κ2) is 11.5. The topological polar surface area (TPSA) is 86.8 Å². The normalized spacial score (nSPS) is 22.0. The molecule has 1 aromatic rings. The minimum absolute atomic E-state index is 0.226. The van der Waals surface area contributed by atoms with E-state index in [9.17, 15) is 9.90 Å². The van der Waals surface area contributed by atoms with Crippen LogP contribution in [-0.2, 0) is 10.2 Å². The Hall–Kier alpha value is -1.24. The van der Waals surface area contributed by atoms with Crippen molar-refractivity contribution in [1.82, 2.24) is 4.90 Å². The molecule has 0 saturated carbocycles. The summed E-state index contributed by atoms with van der Waals surface area (Å²) in [6.45, 7) is 4.57. The first kappa shape index (κ1) is 22.8. The zero-order valence-corrected chi connectivity index (χ0v) is 17.1. The third-order valence-electron chi connectivity index (χ3n) is 5.10. The summed E-state index contributed by atoms with van der Waals surface area (Å²) in [5.74, 6) is 0.291. The van der Waals surface area contributed by atoms with Crippen molar-refractivity contribution in [3.8, 4) is 5.75 Å². The molecular formula is C20H34N2O3S. The summed E-state index contributed by atoms with van der Waals surface area (Å²) in [7, 11) is 2.21. The van der Waals surface area contributed by atoms with Gasteiger partial charge in [-0.15, -0.1) is 0 Å². The number of rotatable bonds is 6. The number of thioether (sulfide) groups is 1. The molecule has 1 aliphatic rings. The van der Waals surface area contributed by atoms with E-state index in [1.54, 1.807) is 17.8 Å². The number of carboxylic acid groups (broad SMARTS) is 1. The van der Waals surface area contributed by atoms with Gasteiger partial charge in [0, 0.05) is 12.0 Å². The molecule has 0 amide bonds. The number of hydrogen-bond acceptors (Lipinski definition) is 5. The lowest BCUT2D eigenvalue weighted by Crippen LogP contribution is -2.37. The zero-order chi connectivity index (χ0) is 19.6. The molecule has 0 aliphatic carbocycles. The van der Waals surface area contributed by atoms with Crippen LogP contribution in [0.1, 0.15) is 44.6 Å². The van der Waals surface area contributed by atoms with Gasteiger partial charge in [-0.25, -0.2) is 0 Å². The van der Waals surface area contributed by atoms with Gasteiger partial charge in [-0.1, -0.05) is 25.5 Å². The number of nitrogens with zero attached hydrogens (tertiary/aromatic N) is 1. The minimum atomic E-state index is -0.913. The van der Waals surface area contributed by atoms with Crippen LogP contribution < -0.4 is 5.73 Å². The van der Waals surface area contributed by atoms with E-state index < -0.39 is 12.0 Å². The van der Waals surface area contributed by atoms with Crippen LogP contribution in [0.4, 0.5) is 0 Å². The van der Waals surface area contributed by atoms with Gasteiger partial charge >= 0.3 is 5.97 Å². The number of benzene rings is 1. The number of hydrogen-bond donors (Lipinski definition) is 3. The van der Waals surface area contributed by atoms with Gasteiger partial charge in [0.1, 0.15) is 11.8 Å². The van der Waals surface area contributed by atoms with Crippen LogP contribution >= 0.6 is 11.8 Å². The van der Waals surface area contributed by atoms with Crippen LogP contribution in [-0.4, -0.2) is 59.3 Å². The molecule has 26 heavy (non-hydrogen) atoms. The summed E-state index contributed by atoms with van der Waals surface area (Å²) in [6.07, 6.45) is 7.42. The molecule has 5 nitrogen and oxygen atoms in total. The van der Waals surface area contributed by atoms with Crippen LogP contribution in [0.15, 0.2) is 24.3 Å². The van der Waals surface area contributed by atoms with Gasteiger partial charge in [-0.2, -0.15) is 11.8 Å². The molecule has 0 bridgehead atoms. The lowest BCUT2D eigenvalue weighted by molar-refractivity contribution is -0.138. The average Bonchev–Trinajstić information content (AvgIpc) is 2.82. The van der Waals surface area contributed by atoms with E-state index in [2.05, 4.69) is 24.9 Å². The van der Waals surface area contributed by atoms with Crippen LogP contribution in [0.3, 0.4) is 0 Å². The second-order valence-electron chi connectivity index (χ2n) is 7.11. The lowest BCUT2D eigenvalue weighted by Gasteiger charge is -2.35. The number of likely N-dealkylation sites (N-methyl/N-ethyl adjacent to an activating group) is 1. The van der Waals surface area contributed by atoms with E-state index in [-0.39, 0.29) is 5.41 Å². The molecule has 1 aromatic carbocycles. The summed E-state index contributed by atoms with van der Waals surface area (Å²) in [5, 5.41) is 18.0. The van der Waals surface area contributed by atoms with Gasteiger partial charge in [0.05, 0.1) is 0 Å². The maximum absolute atomic E-state index is 10.1. The fourth-order valence-electron chi connectivity index (χ4n) is 3.45. The number of carboxylic acids is 1. The van der Waals surface area contributed by atoms with E-state index in [1.807, 2.05) is 18.4 Å². The standard InChI is InChI=1S/C15H23NO.C5H11NO2S/c1-3-15(9-4-5-10-16(2)12-15)13-7-6-8-14(17)11-13;1-9-3-2-4(6)5(7)8/h6-8,11,17H,3-5,9-10,12H2,1-2H3;4H,2-3,6H2,1H3,(H,7,8). The maximum Gasteiger partial charge on any atom is 0.320 e. The van der Waals surface area contributed by atoms with E-state index >= 15 is 0 Å². The highest BCUT2D eigenvalue weighted by Gasteiger charge is 2.33. The minimum Gasteiger partial charge on any atom is -0.508 e. The van der Waals surface area contributed by atoms with Gasteiger partial charge in [0.15, 0.2) is 0 Å². The monoisotopic (exact) mass is 382 g/mol. The smallest absolute Gasteiger partial charge is 0.320 e. The lowest BCUT2D eigenvalue weighted by atomic mass is 9.74. The number of aliphatic carboxylic acids is 1. The quantitative estimate of drug-likeness (QED) is 0.700. The molecule has 1 heterocycles. The Morgan fingerprint density at radius 1 is 1.42 bits per heavy atom. The van der Waals surface area contributed by atoms with E-state index in [1.165, 1.54) is 31.4 Å². The molecule has 2 atom stereocenters. The van der Waals surface area contributed by atoms with E-state index in [0.717, 1.165) is 18.7 Å². The van der Waals surface area contributed by atoms with Gasteiger partial charge in [-0.3, -0.25) is 4.79 Å². The van der Waals surface area contributed by atoms with Crippen LogP contribution in [0.2, 0.25) is 0 Å². The molecule has 2 unspecified atom stereocenters. The number of likely N-dealkylation sites (tertiary alicyclic amines) is 1. The van der Waals surface area contributed by atoms with Crippen molar-refractivity contribution in [2.24, 2.45) is 5.73 Å². The third kappa shape index (κ3) is 7.17. The van der Waals surface area contributed by atoms with Crippen LogP contribution in [0.25, 0.3) is 0 Å². The number of aromatic hydroxyl groups is 1. The first-order valence-corrected chi connectivity index (χ1v) is 10.7. The molecule has 1 saturated heterocycles. The Labute approximate surface area is 162 Å². The molecule has 6 heteroatoms. The Morgan fingerprint density at radius 2 is 2.15 bits per heavy atom. The molecule has 148 valence electrons. The highest BCUT2D eigenvalue weighted by molar-refractivity contribution is 7.98. The van der Waals surface area contributed by atoms with Crippen molar-refractivity contribution < 1.29 is 15.0 Å². The van der Waals surface area contributed by atoms with Gasteiger partial charge < -0.3 is 20.8 Å². The molecule has 0 radical (unpaired) electrons. The van der Waals surface area contributed by atoms with Crippen molar-refractivity contribution in [2.45, 2.75) is 50.5 Å². The Morgan fingerprint density at radius 3 is 2.73 bits per heavy atom. The van der Waals surface area contributed by atoms with Crippen molar-refractivity contribution in [3.63, 3.8) is 0 Å². The second-order valence-corrected chi connectivity index (χ2v) is 8.09. The Bertz CT molecular complexity index is 556. The summed E-state index contributed by atoms with van der Waals surface area (Å²) in [5.41, 5.74) is 6.72.